The maximum Gasteiger partial charge on any atom is 0.302 e. The van der Waals surface area contributed by atoms with Crippen molar-refractivity contribution in [3.05, 3.63) is 75.0 Å². The first-order valence-electron chi connectivity index (χ1n) is 9.01. The smallest absolute Gasteiger partial charge is 0.302 e. The van der Waals surface area contributed by atoms with Gasteiger partial charge in [-0.3, -0.25) is 14.7 Å². The molecule has 1 aromatic heterocycles. The number of esters is 1. The summed E-state index contributed by atoms with van der Waals surface area (Å²) in [6, 6.07) is 14.6. The van der Waals surface area contributed by atoms with Crippen molar-refractivity contribution in [3.8, 4) is 17.2 Å². The molecule has 0 radical (unpaired) electrons. The van der Waals surface area contributed by atoms with Gasteiger partial charge in [0.1, 0.15) is 13.2 Å². The molecule has 2 aromatic carbocycles. The lowest BCUT2D eigenvalue weighted by Crippen LogP contribution is -2.33. The average molecular weight is 394 g/mol. The Balaban J connectivity index is 1.89. The lowest BCUT2D eigenvalue weighted by Gasteiger charge is -2.11. The molecule has 3 aromatic rings. The van der Waals surface area contributed by atoms with Gasteiger partial charge in [0, 0.05) is 6.92 Å². The van der Waals surface area contributed by atoms with E-state index in [1.807, 2.05) is 36.4 Å². The van der Waals surface area contributed by atoms with E-state index >= 15 is 0 Å². The Morgan fingerprint density at radius 2 is 1.90 bits per heavy atom. The molecule has 0 saturated carbocycles. The van der Waals surface area contributed by atoms with Crippen LogP contribution < -0.4 is 25.6 Å². The molecule has 0 aliphatic carbocycles. The number of carbonyl (C=O) groups excluding carboxylic acids is 1. The Hall–Kier alpha value is -3.74. The van der Waals surface area contributed by atoms with Gasteiger partial charge in [-0.05, 0) is 35.9 Å². The topological polar surface area (TPSA) is 82.5 Å². The predicted octanol–water partition coefficient (Wildman–Crippen LogP) is 1.36. The number of aromatic amines is 1. The number of aromatic nitrogens is 2. The van der Waals surface area contributed by atoms with Gasteiger partial charge in [0.25, 0.3) is 5.56 Å². The highest BCUT2D eigenvalue weighted by atomic mass is 16.6. The van der Waals surface area contributed by atoms with E-state index in [1.165, 1.54) is 18.7 Å². The number of ether oxygens (including phenoxy) is 3. The molecule has 0 amide bonds. The average Bonchev–Trinajstić information content (AvgIpc) is 3.00. The first-order chi connectivity index (χ1) is 14.0. The summed E-state index contributed by atoms with van der Waals surface area (Å²) in [5.41, 5.74) is 1.30. The minimum atomic E-state index is -0.359. The van der Waals surface area contributed by atoms with Crippen LogP contribution in [-0.2, 0) is 9.53 Å². The summed E-state index contributed by atoms with van der Waals surface area (Å²) >= 11 is 0. The van der Waals surface area contributed by atoms with Crippen LogP contribution in [0, 0.1) is 0 Å². The minimum absolute atomic E-state index is 0.152. The highest BCUT2D eigenvalue weighted by Gasteiger charge is 2.08. The third-order valence-corrected chi connectivity index (χ3v) is 4.16. The monoisotopic (exact) mass is 394 g/mol. The van der Waals surface area contributed by atoms with Crippen LogP contribution in [0.3, 0.4) is 0 Å². The van der Waals surface area contributed by atoms with Crippen molar-refractivity contribution in [1.82, 2.24) is 9.78 Å². The van der Waals surface area contributed by atoms with E-state index in [-0.39, 0.29) is 24.7 Å². The molecule has 7 heteroatoms. The van der Waals surface area contributed by atoms with E-state index in [1.54, 1.807) is 18.2 Å². The number of nitrogens with one attached hydrogen (secondary N) is 1. The van der Waals surface area contributed by atoms with Crippen molar-refractivity contribution in [1.29, 1.82) is 0 Å². The molecule has 150 valence electrons. The van der Waals surface area contributed by atoms with Gasteiger partial charge in [-0.1, -0.05) is 30.8 Å². The number of hydrogen-bond donors (Lipinski definition) is 1. The molecule has 1 N–H and O–H groups in total. The van der Waals surface area contributed by atoms with Crippen LogP contribution in [0.2, 0.25) is 0 Å². The van der Waals surface area contributed by atoms with Crippen molar-refractivity contribution < 1.29 is 19.0 Å². The maximum atomic E-state index is 12.8. The molecule has 0 fully saturated rings. The summed E-state index contributed by atoms with van der Waals surface area (Å²) in [5, 5.41) is 3.97. The van der Waals surface area contributed by atoms with Gasteiger partial charge in [-0.25, -0.2) is 4.68 Å². The maximum absolute atomic E-state index is 12.8. The number of H-pyrrole nitrogens is 1. The number of carbonyl (C=O) groups is 1. The largest absolute Gasteiger partial charge is 0.493 e. The lowest BCUT2D eigenvalue weighted by molar-refractivity contribution is -0.141. The molecule has 0 bridgehead atoms. The molecule has 7 nitrogen and oxygen atoms in total. The lowest BCUT2D eigenvalue weighted by atomic mass is 10.1. The van der Waals surface area contributed by atoms with Gasteiger partial charge in [0.05, 0.1) is 23.4 Å². The van der Waals surface area contributed by atoms with Gasteiger partial charge in [0.15, 0.2) is 11.5 Å². The second-order valence-corrected chi connectivity index (χ2v) is 6.22. The van der Waals surface area contributed by atoms with Gasteiger partial charge < -0.3 is 14.2 Å². The number of rotatable bonds is 7. The SMILES string of the molecule is C=c1[nH]n(-c2ccccc2)c(=O)/c1=C/c1ccc(OCCOC(C)=O)c(OC)c1. The fraction of sp³-hybridized carbons (Fsp3) is 0.182. The number of methoxy groups -OCH3 is 1. The molecule has 0 unspecified atom stereocenters. The predicted molar refractivity (Wildman–Crippen MR) is 110 cm³/mol. The molecule has 0 aliphatic rings. The van der Waals surface area contributed by atoms with Crippen LogP contribution in [0.5, 0.6) is 11.5 Å². The Morgan fingerprint density at radius 1 is 1.14 bits per heavy atom. The van der Waals surface area contributed by atoms with E-state index in [2.05, 4.69) is 11.7 Å². The molecule has 0 saturated heterocycles. The summed E-state index contributed by atoms with van der Waals surface area (Å²) in [5.74, 6) is 0.663. The second kappa shape index (κ2) is 8.97. The Morgan fingerprint density at radius 3 is 2.59 bits per heavy atom. The summed E-state index contributed by atoms with van der Waals surface area (Å²) in [4.78, 5) is 23.6. The molecular weight excluding hydrogens is 372 g/mol. The third-order valence-electron chi connectivity index (χ3n) is 4.16. The van der Waals surface area contributed by atoms with Crippen molar-refractivity contribution >= 4 is 18.6 Å². The summed E-state index contributed by atoms with van der Waals surface area (Å²) in [7, 11) is 1.53. The zero-order valence-corrected chi connectivity index (χ0v) is 16.3. The van der Waals surface area contributed by atoms with E-state index in [9.17, 15) is 9.59 Å². The van der Waals surface area contributed by atoms with Crippen LogP contribution in [0.1, 0.15) is 12.5 Å². The normalized spacial score (nSPS) is 11.3. The minimum Gasteiger partial charge on any atom is -0.493 e. The quantitative estimate of drug-likeness (QED) is 0.483. The van der Waals surface area contributed by atoms with Crippen molar-refractivity contribution in [2.75, 3.05) is 20.3 Å². The standard InChI is InChI=1S/C22H22N2O5/c1-15-19(22(26)24(23-15)18-7-5-4-6-8-18)13-17-9-10-20(21(14-17)27-3)29-12-11-28-16(2)25/h4-10,13-14,23H,1,11-12H2,2-3H3/b19-13+. The summed E-state index contributed by atoms with van der Waals surface area (Å²) < 4.78 is 17.3. The first-order valence-corrected chi connectivity index (χ1v) is 9.01. The summed E-state index contributed by atoms with van der Waals surface area (Å²) in [6.07, 6.45) is 1.74. The van der Waals surface area contributed by atoms with Gasteiger partial charge >= 0.3 is 5.97 Å². The highest BCUT2D eigenvalue weighted by Crippen LogP contribution is 2.28. The highest BCUT2D eigenvalue weighted by molar-refractivity contribution is 5.65. The molecule has 1 heterocycles. The van der Waals surface area contributed by atoms with Crippen LogP contribution >= 0.6 is 0 Å². The fourth-order valence-corrected chi connectivity index (χ4v) is 2.80. The van der Waals surface area contributed by atoms with Gasteiger partial charge in [-0.15, -0.1) is 0 Å². The van der Waals surface area contributed by atoms with Gasteiger partial charge in [-0.2, -0.15) is 0 Å². The number of nitrogens with zero attached hydrogens (tertiary/aromatic N) is 1. The third kappa shape index (κ3) is 4.76. The molecular formula is C22H22N2O5. The fourth-order valence-electron chi connectivity index (χ4n) is 2.80. The zero-order chi connectivity index (χ0) is 20.8. The van der Waals surface area contributed by atoms with Crippen molar-refractivity contribution in [2.45, 2.75) is 6.92 Å². The summed E-state index contributed by atoms with van der Waals surface area (Å²) in [6.45, 7) is 5.65. The zero-order valence-electron chi connectivity index (χ0n) is 16.3. The van der Waals surface area contributed by atoms with E-state index in [0.717, 1.165) is 11.3 Å². The number of hydrogen-bond acceptors (Lipinski definition) is 5. The molecule has 0 spiro atoms. The van der Waals surface area contributed by atoms with Crippen molar-refractivity contribution in [2.24, 2.45) is 0 Å². The van der Waals surface area contributed by atoms with E-state index in [4.69, 9.17) is 14.2 Å². The van der Waals surface area contributed by atoms with Gasteiger partial charge in [0.2, 0.25) is 0 Å². The molecule has 29 heavy (non-hydrogen) atoms. The second-order valence-electron chi connectivity index (χ2n) is 6.22. The van der Waals surface area contributed by atoms with Crippen LogP contribution in [0.25, 0.3) is 18.3 Å². The first kappa shape index (κ1) is 20.0. The Bertz CT molecular complexity index is 1160. The van der Waals surface area contributed by atoms with E-state index < -0.39 is 0 Å². The molecule has 0 aliphatic heterocycles. The Labute approximate surface area is 167 Å². The number of benzene rings is 2. The van der Waals surface area contributed by atoms with Crippen molar-refractivity contribution in [3.63, 3.8) is 0 Å². The number of para-hydroxylation sites is 1. The van der Waals surface area contributed by atoms with Crippen LogP contribution in [0.15, 0.2) is 53.3 Å². The molecule has 0 atom stereocenters. The van der Waals surface area contributed by atoms with E-state index in [0.29, 0.717) is 22.1 Å². The molecule has 3 rings (SSSR count). The van der Waals surface area contributed by atoms with Crippen LogP contribution in [0.4, 0.5) is 0 Å². The Kier molecular flexibility index (Phi) is 6.19. The van der Waals surface area contributed by atoms with Crippen LogP contribution in [-0.4, -0.2) is 36.1 Å².